The second-order valence-corrected chi connectivity index (χ2v) is 4.24. The first-order valence-corrected chi connectivity index (χ1v) is 5.49. The van der Waals surface area contributed by atoms with Gasteiger partial charge in [-0.2, -0.15) is 5.26 Å². The minimum Gasteiger partial charge on any atom is -0.375 e. The summed E-state index contributed by atoms with van der Waals surface area (Å²) in [6, 6.07) is 9.83. The Morgan fingerprint density at radius 1 is 1.06 bits per heavy atom. The lowest BCUT2D eigenvalue weighted by molar-refractivity contribution is 0.401. The number of nitriles is 1. The van der Waals surface area contributed by atoms with Gasteiger partial charge < -0.3 is 9.80 Å². The van der Waals surface area contributed by atoms with Gasteiger partial charge in [0.2, 0.25) is 0 Å². The molecule has 0 aliphatic heterocycles. The Morgan fingerprint density at radius 3 is 2.19 bits per heavy atom. The van der Waals surface area contributed by atoms with Gasteiger partial charge in [0.1, 0.15) is 0 Å². The van der Waals surface area contributed by atoms with Crippen molar-refractivity contribution < 1.29 is 0 Å². The van der Waals surface area contributed by atoms with E-state index in [2.05, 4.69) is 37.0 Å². The van der Waals surface area contributed by atoms with Crippen LogP contribution in [0.3, 0.4) is 0 Å². The number of hydrogen-bond acceptors (Lipinski definition) is 3. The molecule has 0 atom stereocenters. The molecule has 86 valence electrons. The molecule has 0 radical (unpaired) electrons. The van der Waals surface area contributed by atoms with Crippen LogP contribution < -0.4 is 4.90 Å². The van der Waals surface area contributed by atoms with E-state index in [9.17, 15) is 0 Å². The highest BCUT2D eigenvalue weighted by molar-refractivity contribution is 5.48. The average molecular weight is 217 g/mol. The molecule has 0 N–H and O–H groups in total. The highest BCUT2D eigenvalue weighted by atomic mass is 15.1. The molecule has 3 nitrogen and oxygen atoms in total. The van der Waals surface area contributed by atoms with Crippen LogP contribution in [0.5, 0.6) is 0 Å². The molecule has 3 heteroatoms. The Kier molecular flexibility index (Phi) is 4.81. The number of hydrogen-bond donors (Lipinski definition) is 0. The Balaban J connectivity index is 2.47. The third-order valence-electron chi connectivity index (χ3n) is 2.54. The van der Waals surface area contributed by atoms with Gasteiger partial charge in [0, 0.05) is 19.3 Å². The second kappa shape index (κ2) is 6.14. The fourth-order valence-electron chi connectivity index (χ4n) is 1.54. The molecule has 0 fully saturated rings. The smallest absolute Gasteiger partial charge is 0.0991 e. The maximum Gasteiger partial charge on any atom is 0.0991 e. The number of benzene rings is 1. The SMILES string of the molecule is CN(C)CCCN(C)c1ccc(C#N)cc1. The summed E-state index contributed by atoms with van der Waals surface area (Å²) in [5.41, 5.74) is 1.88. The predicted molar refractivity (Wildman–Crippen MR) is 67.6 cm³/mol. The van der Waals surface area contributed by atoms with Gasteiger partial charge in [0.25, 0.3) is 0 Å². The van der Waals surface area contributed by atoms with Crippen molar-refractivity contribution in [3.8, 4) is 6.07 Å². The minimum absolute atomic E-state index is 0.713. The molecule has 0 aromatic heterocycles. The van der Waals surface area contributed by atoms with Crippen LogP contribution in [0, 0.1) is 11.3 Å². The van der Waals surface area contributed by atoms with E-state index in [1.54, 1.807) is 0 Å². The van der Waals surface area contributed by atoms with E-state index in [-0.39, 0.29) is 0 Å². The zero-order valence-corrected chi connectivity index (χ0v) is 10.3. The van der Waals surface area contributed by atoms with Gasteiger partial charge in [0.05, 0.1) is 11.6 Å². The maximum atomic E-state index is 8.70. The van der Waals surface area contributed by atoms with Crippen molar-refractivity contribution in [2.45, 2.75) is 6.42 Å². The molecular weight excluding hydrogens is 198 g/mol. The highest BCUT2D eigenvalue weighted by Gasteiger charge is 2.00. The van der Waals surface area contributed by atoms with Crippen molar-refractivity contribution in [1.82, 2.24) is 4.90 Å². The van der Waals surface area contributed by atoms with Crippen molar-refractivity contribution in [1.29, 1.82) is 5.26 Å². The lowest BCUT2D eigenvalue weighted by atomic mass is 10.2. The van der Waals surface area contributed by atoms with E-state index in [1.165, 1.54) is 0 Å². The Hall–Kier alpha value is -1.53. The van der Waals surface area contributed by atoms with Crippen LogP contribution >= 0.6 is 0 Å². The Morgan fingerprint density at radius 2 is 1.69 bits per heavy atom. The summed E-state index contributed by atoms with van der Waals surface area (Å²) in [6.07, 6.45) is 1.14. The number of anilines is 1. The topological polar surface area (TPSA) is 30.3 Å². The van der Waals surface area contributed by atoms with Crippen molar-refractivity contribution in [3.63, 3.8) is 0 Å². The standard InChI is InChI=1S/C13H19N3/c1-15(2)9-4-10-16(3)13-7-5-12(11-14)6-8-13/h5-8H,4,9-10H2,1-3H3. The molecule has 0 saturated heterocycles. The first-order valence-electron chi connectivity index (χ1n) is 5.49. The van der Waals surface area contributed by atoms with Crippen molar-refractivity contribution in [3.05, 3.63) is 29.8 Å². The van der Waals surface area contributed by atoms with Crippen LogP contribution in [-0.4, -0.2) is 39.1 Å². The van der Waals surface area contributed by atoms with Crippen LogP contribution in [-0.2, 0) is 0 Å². The summed E-state index contributed by atoms with van der Waals surface area (Å²) in [6.45, 7) is 2.13. The van der Waals surface area contributed by atoms with Crippen LogP contribution in [0.15, 0.2) is 24.3 Å². The monoisotopic (exact) mass is 217 g/mol. The predicted octanol–water partition coefficient (Wildman–Crippen LogP) is 1.95. The van der Waals surface area contributed by atoms with Gasteiger partial charge >= 0.3 is 0 Å². The van der Waals surface area contributed by atoms with Crippen molar-refractivity contribution >= 4 is 5.69 Å². The van der Waals surface area contributed by atoms with Crippen molar-refractivity contribution in [2.24, 2.45) is 0 Å². The van der Waals surface area contributed by atoms with Crippen LogP contribution in [0.25, 0.3) is 0 Å². The molecule has 0 spiro atoms. The van der Waals surface area contributed by atoms with E-state index >= 15 is 0 Å². The average Bonchev–Trinajstić information content (AvgIpc) is 2.28. The zero-order chi connectivity index (χ0) is 12.0. The van der Waals surface area contributed by atoms with Gasteiger partial charge in [-0.05, 0) is 51.3 Å². The molecule has 0 bridgehead atoms. The summed E-state index contributed by atoms with van der Waals surface area (Å²) in [5.74, 6) is 0. The molecule has 0 aliphatic rings. The summed E-state index contributed by atoms with van der Waals surface area (Å²) in [7, 11) is 6.25. The molecule has 1 aromatic rings. The third kappa shape index (κ3) is 3.92. The van der Waals surface area contributed by atoms with Gasteiger partial charge in [-0.15, -0.1) is 0 Å². The van der Waals surface area contributed by atoms with Crippen LogP contribution in [0.4, 0.5) is 5.69 Å². The lowest BCUT2D eigenvalue weighted by Gasteiger charge is -2.20. The quantitative estimate of drug-likeness (QED) is 0.755. The van der Waals surface area contributed by atoms with Gasteiger partial charge in [0.15, 0.2) is 0 Å². The maximum absolute atomic E-state index is 8.70. The van der Waals surface area contributed by atoms with Gasteiger partial charge in [-0.3, -0.25) is 0 Å². The Bertz CT molecular complexity index is 348. The molecule has 1 aromatic carbocycles. The third-order valence-corrected chi connectivity index (χ3v) is 2.54. The van der Waals surface area contributed by atoms with E-state index < -0.39 is 0 Å². The summed E-state index contributed by atoms with van der Waals surface area (Å²) in [5, 5.41) is 8.70. The molecule has 16 heavy (non-hydrogen) atoms. The summed E-state index contributed by atoms with van der Waals surface area (Å²) >= 11 is 0. The summed E-state index contributed by atoms with van der Waals surface area (Å²) < 4.78 is 0. The zero-order valence-electron chi connectivity index (χ0n) is 10.3. The molecule has 0 heterocycles. The van der Waals surface area contributed by atoms with Crippen molar-refractivity contribution in [2.75, 3.05) is 39.1 Å². The molecule has 0 unspecified atom stereocenters. The lowest BCUT2D eigenvalue weighted by Crippen LogP contribution is -2.23. The Labute approximate surface area is 97.9 Å². The van der Waals surface area contributed by atoms with Gasteiger partial charge in [-0.1, -0.05) is 0 Å². The van der Waals surface area contributed by atoms with E-state index in [0.717, 1.165) is 25.2 Å². The van der Waals surface area contributed by atoms with E-state index in [4.69, 9.17) is 5.26 Å². The molecule has 0 saturated carbocycles. The van der Waals surface area contributed by atoms with E-state index in [1.807, 2.05) is 24.3 Å². The first kappa shape index (κ1) is 12.5. The largest absolute Gasteiger partial charge is 0.375 e. The first-order chi connectivity index (χ1) is 7.63. The van der Waals surface area contributed by atoms with E-state index in [0.29, 0.717) is 5.56 Å². The fraction of sp³-hybridized carbons (Fsp3) is 0.462. The van der Waals surface area contributed by atoms with Crippen LogP contribution in [0.1, 0.15) is 12.0 Å². The molecular formula is C13H19N3. The van der Waals surface area contributed by atoms with Gasteiger partial charge in [-0.25, -0.2) is 0 Å². The molecule has 0 amide bonds. The fourth-order valence-corrected chi connectivity index (χ4v) is 1.54. The number of nitrogens with zero attached hydrogens (tertiary/aromatic N) is 3. The molecule has 0 aliphatic carbocycles. The number of rotatable bonds is 5. The van der Waals surface area contributed by atoms with Crippen LogP contribution in [0.2, 0.25) is 0 Å². The minimum atomic E-state index is 0.713. The normalized spacial score (nSPS) is 10.2. The molecule has 1 rings (SSSR count). The second-order valence-electron chi connectivity index (χ2n) is 4.24. The summed E-state index contributed by atoms with van der Waals surface area (Å²) in [4.78, 5) is 4.40. The highest BCUT2D eigenvalue weighted by Crippen LogP contribution is 2.13.